The minimum Gasteiger partial charge on any atom is -0.534 e. The van der Waals surface area contributed by atoms with Crippen molar-refractivity contribution < 1.29 is 9.31 Å². The molecule has 2 nitrogen and oxygen atoms in total. The lowest BCUT2D eigenvalue weighted by Crippen LogP contribution is -2.35. The second kappa shape index (κ2) is 6.25. The van der Waals surface area contributed by atoms with Gasteiger partial charge in [-0.05, 0) is 46.5 Å². The lowest BCUT2D eigenvalue weighted by atomic mass is 9.71. The molecule has 136 valence electrons. The van der Waals surface area contributed by atoms with E-state index in [0.717, 1.165) is 16.2 Å². The zero-order valence-corrected chi connectivity index (χ0v) is 16.1. The normalized spacial score (nSPS) is 15.9. The molecule has 0 aromatic heterocycles. The van der Waals surface area contributed by atoms with Crippen molar-refractivity contribution in [3.8, 4) is 11.1 Å². The molecule has 0 spiro atoms. The Balaban J connectivity index is 1.89. The van der Waals surface area contributed by atoms with Crippen molar-refractivity contribution in [3.63, 3.8) is 0 Å². The molecule has 0 amide bonds. The van der Waals surface area contributed by atoms with E-state index in [0.29, 0.717) is 5.76 Å². The van der Waals surface area contributed by atoms with Crippen LogP contribution in [-0.2, 0) is 9.31 Å². The smallest absolute Gasteiger partial charge is 0.534 e. The fourth-order valence-corrected chi connectivity index (χ4v) is 4.08. The summed E-state index contributed by atoms with van der Waals surface area (Å²) in [6.45, 7) is 8.06. The van der Waals surface area contributed by atoms with Crippen LogP contribution in [-0.4, -0.2) is 12.7 Å². The summed E-state index contributed by atoms with van der Waals surface area (Å²) in [5, 5.41) is 4.70. The Morgan fingerprint density at radius 1 is 0.714 bits per heavy atom. The van der Waals surface area contributed by atoms with Crippen LogP contribution in [0.5, 0.6) is 0 Å². The molecule has 0 bridgehead atoms. The summed E-state index contributed by atoms with van der Waals surface area (Å²) >= 11 is 0. The van der Waals surface area contributed by atoms with Gasteiger partial charge in [-0.3, -0.25) is 0 Å². The molecule has 1 saturated heterocycles. The molecule has 0 unspecified atom stereocenters. The monoisotopic (exact) mass is 364 g/mol. The van der Waals surface area contributed by atoms with Gasteiger partial charge in [-0.25, -0.2) is 0 Å². The van der Waals surface area contributed by atoms with Crippen molar-refractivity contribution >= 4 is 34.1 Å². The van der Waals surface area contributed by atoms with Crippen LogP contribution in [0, 0.1) is 0 Å². The third-order valence-electron chi connectivity index (χ3n) is 5.59. The summed E-state index contributed by atoms with van der Waals surface area (Å²) in [4.78, 5) is 0. The van der Waals surface area contributed by atoms with Crippen LogP contribution in [0.1, 0.15) is 13.8 Å². The molecule has 1 aliphatic rings. The first-order valence-electron chi connectivity index (χ1n) is 9.59. The average Bonchev–Trinajstić information content (AvgIpc) is 2.98. The molecule has 0 atom stereocenters. The third kappa shape index (κ3) is 2.55. The standard InChI is InChI=1S/C25H21BO2/c1-17-25(2,3)28-26(27-17)24-21-15-9-7-13-19(21)23(18-11-5-4-6-12-18)20-14-8-10-16-22(20)24/h4-16H,1H2,2-3H3. The van der Waals surface area contributed by atoms with Crippen LogP contribution in [0.15, 0.2) is 91.2 Å². The van der Waals surface area contributed by atoms with E-state index in [9.17, 15) is 0 Å². The molecule has 1 fully saturated rings. The van der Waals surface area contributed by atoms with Crippen LogP contribution >= 0.6 is 0 Å². The molecule has 0 radical (unpaired) electrons. The largest absolute Gasteiger partial charge is 0.564 e. The lowest BCUT2D eigenvalue weighted by molar-refractivity contribution is 0.173. The van der Waals surface area contributed by atoms with E-state index in [1.54, 1.807) is 0 Å². The highest BCUT2D eigenvalue weighted by atomic mass is 16.7. The Hall–Kier alpha value is -3.04. The number of hydrogen-bond donors (Lipinski definition) is 0. The fraction of sp³-hybridized carbons (Fsp3) is 0.120. The predicted molar refractivity (Wildman–Crippen MR) is 118 cm³/mol. The Bertz CT molecular complexity index is 1150. The summed E-state index contributed by atoms with van der Waals surface area (Å²) in [6.07, 6.45) is 0. The number of benzene rings is 4. The van der Waals surface area contributed by atoms with Gasteiger partial charge in [-0.2, -0.15) is 0 Å². The van der Waals surface area contributed by atoms with Crippen molar-refractivity contribution in [1.29, 1.82) is 0 Å². The lowest BCUT2D eigenvalue weighted by Gasteiger charge is -2.19. The number of fused-ring (bicyclic) bond motifs is 2. The minimum atomic E-state index is -0.509. The van der Waals surface area contributed by atoms with Crippen molar-refractivity contribution in [2.75, 3.05) is 0 Å². The molecule has 3 heteroatoms. The maximum atomic E-state index is 6.29. The first-order valence-corrected chi connectivity index (χ1v) is 9.59. The van der Waals surface area contributed by atoms with E-state index < -0.39 is 12.7 Å². The molecule has 1 aliphatic heterocycles. The summed E-state index contributed by atoms with van der Waals surface area (Å²) in [6, 6.07) is 27.6. The SMILES string of the molecule is C=C1OB(c2c3ccccc3c(-c3ccccc3)c3ccccc23)OC1(C)C. The van der Waals surface area contributed by atoms with Crippen LogP contribution in [0.4, 0.5) is 0 Å². The Labute approximate surface area is 165 Å². The van der Waals surface area contributed by atoms with Gasteiger partial charge in [-0.15, -0.1) is 0 Å². The second-order valence-corrected chi connectivity index (χ2v) is 7.75. The van der Waals surface area contributed by atoms with Crippen LogP contribution in [0.25, 0.3) is 32.7 Å². The zero-order valence-electron chi connectivity index (χ0n) is 16.1. The summed E-state index contributed by atoms with van der Waals surface area (Å²) < 4.78 is 12.4. The van der Waals surface area contributed by atoms with Gasteiger partial charge >= 0.3 is 7.12 Å². The average molecular weight is 364 g/mol. The molecule has 0 aliphatic carbocycles. The van der Waals surface area contributed by atoms with Crippen LogP contribution < -0.4 is 5.46 Å². The summed E-state index contributed by atoms with van der Waals surface area (Å²) in [5.74, 6) is 0.665. The molecule has 5 rings (SSSR count). The van der Waals surface area contributed by atoms with E-state index in [1.807, 2.05) is 13.8 Å². The highest BCUT2D eigenvalue weighted by Gasteiger charge is 2.44. The van der Waals surface area contributed by atoms with Crippen molar-refractivity contribution in [2.45, 2.75) is 19.4 Å². The van der Waals surface area contributed by atoms with Crippen LogP contribution in [0.3, 0.4) is 0 Å². The van der Waals surface area contributed by atoms with Gasteiger partial charge < -0.3 is 9.31 Å². The van der Waals surface area contributed by atoms with Gasteiger partial charge in [0.15, 0.2) is 0 Å². The maximum absolute atomic E-state index is 6.29. The molecule has 0 saturated carbocycles. The van der Waals surface area contributed by atoms with E-state index in [-0.39, 0.29) is 0 Å². The van der Waals surface area contributed by atoms with Gasteiger partial charge in [0.1, 0.15) is 5.60 Å². The molecule has 1 heterocycles. The van der Waals surface area contributed by atoms with E-state index in [4.69, 9.17) is 9.31 Å². The fourth-order valence-electron chi connectivity index (χ4n) is 4.08. The summed E-state index contributed by atoms with van der Waals surface area (Å²) in [5.41, 5.74) is 3.01. The highest BCUT2D eigenvalue weighted by molar-refractivity contribution is 6.69. The highest BCUT2D eigenvalue weighted by Crippen LogP contribution is 2.37. The minimum absolute atomic E-state index is 0.470. The first kappa shape index (κ1) is 17.1. The molecule has 4 aromatic rings. The number of rotatable bonds is 2. The van der Waals surface area contributed by atoms with Crippen molar-refractivity contribution in [1.82, 2.24) is 0 Å². The quantitative estimate of drug-likeness (QED) is 0.336. The van der Waals surface area contributed by atoms with Gasteiger partial charge in [0.25, 0.3) is 0 Å². The van der Waals surface area contributed by atoms with E-state index in [1.165, 1.54) is 21.9 Å². The Morgan fingerprint density at radius 3 is 1.71 bits per heavy atom. The van der Waals surface area contributed by atoms with Gasteiger partial charge in [0.05, 0.1) is 5.76 Å². The Kier molecular flexibility index (Phi) is 3.82. The second-order valence-electron chi connectivity index (χ2n) is 7.75. The van der Waals surface area contributed by atoms with Gasteiger partial charge in [-0.1, -0.05) is 85.4 Å². The molecule has 28 heavy (non-hydrogen) atoms. The molecule has 4 aromatic carbocycles. The zero-order chi connectivity index (χ0) is 19.3. The Morgan fingerprint density at radius 2 is 1.21 bits per heavy atom. The molecular weight excluding hydrogens is 343 g/mol. The summed E-state index contributed by atoms with van der Waals surface area (Å²) in [7, 11) is -0.470. The maximum Gasteiger partial charge on any atom is 0.564 e. The van der Waals surface area contributed by atoms with Crippen LogP contribution in [0.2, 0.25) is 0 Å². The van der Waals surface area contributed by atoms with Gasteiger partial charge in [0, 0.05) is 5.46 Å². The van der Waals surface area contributed by atoms with Crippen molar-refractivity contribution in [2.24, 2.45) is 0 Å². The molecular formula is C25H21BO2. The number of hydrogen-bond acceptors (Lipinski definition) is 2. The molecule has 0 N–H and O–H groups in total. The predicted octanol–water partition coefficient (Wildman–Crippen LogP) is 5.69. The third-order valence-corrected chi connectivity index (χ3v) is 5.59. The van der Waals surface area contributed by atoms with E-state index >= 15 is 0 Å². The van der Waals surface area contributed by atoms with Crippen molar-refractivity contribution in [3.05, 3.63) is 91.2 Å². The topological polar surface area (TPSA) is 18.5 Å². The van der Waals surface area contributed by atoms with Gasteiger partial charge in [0.2, 0.25) is 0 Å². The first-order chi connectivity index (χ1) is 13.6. The van der Waals surface area contributed by atoms with E-state index in [2.05, 4.69) is 85.4 Å².